The van der Waals surface area contributed by atoms with E-state index in [1.54, 1.807) is 12.3 Å². The minimum atomic E-state index is -4.38. The molecule has 0 fully saturated rings. The second-order valence-electron chi connectivity index (χ2n) is 4.67. The van der Waals surface area contributed by atoms with Gasteiger partial charge in [0.05, 0.1) is 5.56 Å². The summed E-state index contributed by atoms with van der Waals surface area (Å²) in [5, 5.41) is 0. The summed E-state index contributed by atoms with van der Waals surface area (Å²) < 4.78 is 39.9. The molecule has 1 atom stereocenters. The van der Waals surface area contributed by atoms with Crippen LogP contribution in [0.2, 0.25) is 0 Å². The predicted molar refractivity (Wildman–Crippen MR) is 83.5 cm³/mol. The number of pyridine rings is 1. The molecule has 2 aromatic rings. The highest BCUT2D eigenvalue weighted by atomic mass is 79.9. The lowest BCUT2D eigenvalue weighted by Gasteiger charge is -2.18. The van der Waals surface area contributed by atoms with Gasteiger partial charge in [0.15, 0.2) is 0 Å². The molecule has 0 radical (unpaired) electrons. The topological polar surface area (TPSA) is 12.9 Å². The van der Waals surface area contributed by atoms with E-state index >= 15 is 0 Å². The van der Waals surface area contributed by atoms with Crippen molar-refractivity contribution in [3.05, 3.63) is 63.4 Å². The standard InChI is InChI=1S/C15H12Br2F3N/c1-9-3-2-6-21-14(9)8-13(17)11-5-4-10(16)7-12(11)15(18,19)20/h2-7,13H,8H2,1H3. The van der Waals surface area contributed by atoms with Gasteiger partial charge in [0, 0.05) is 27.6 Å². The summed E-state index contributed by atoms with van der Waals surface area (Å²) in [5.41, 5.74) is 1.34. The Morgan fingerprint density at radius 1 is 1.24 bits per heavy atom. The first-order chi connectivity index (χ1) is 9.79. The van der Waals surface area contributed by atoms with E-state index in [9.17, 15) is 13.2 Å². The smallest absolute Gasteiger partial charge is 0.261 e. The second-order valence-corrected chi connectivity index (χ2v) is 6.69. The Morgan fingerprint density at radius 3 is 2.57 bits per heavy atom. The largest absolute Gasteiger partial charge is 0.416 e. The molecule has 0 saturated heterocycles. The van der Waals surface area contributed by atoms with E-state index in [1.807, 2.05) is 19.1 Å². The summed E-state index contributed by atoms with van der Waals surface area (Å²) in [4.78, 5) is 3.78. The molecule has 1 aromatic carbocycles. The molecule has 0 bridgehead atoms. The van der Waals surface area contributed by atoms with Gasteiger partial charge in [-0.15, -0.1) is 0 Å². The van der Waals surface area contributed by atoms with Crippen molar-refractivity contribution in [2.24, 2.45) is 0 Å². The third-order valence-electron chi connectivity index (χ3n) is 3.15. The number of hydrogen-bond donors (Lipinski definition) is 0. The fourth-order valence-corrected chi connectivity index (χ4v) is 3.13. The van der Waals surface area contributed by atoms with Crippen molar-refractivity contribution in [3.8, 4) is 0 Å². The first-order valence-electron chi connectivity index (χ1n) is 6.20. The van der Waals surface area contributed by atoms with Crippen LogP contribution in [-0.2, 0) is 12.6 Å². The molecule has 21 heavy (non-hydrogen) atoms. The molecule has 1 heterocycles. The van der Waals surface area contributed by atoms with Crippen LogP contribution in [0.4, 0.5) is 13.2 Å². The molecule has 1 aromatic heterocycles. The molecular formula is C15H12Br2F3N. The first kappa shape index (κ1) is 16.5. The van der Waals surface area contributed by atoms with Gasteiger partial charge >= 0.3 is 6.18 Å². The van der Waals surface area contributed by atoms with Gasteiger partial charge in [-0.3, -0.25) is 4.98 Å². The Kier molecular flexibility index (Phi) is 5.09. The highest BCUT2D eigenvalue weighted by Crippen LogP contribution is 2.39. The van der Waals surface area contributed by atoms with Gasteiger partial charge in [-0.2, -0.15) is 13.2 Å². The maximum absolute atomic E-state index is 13.1. The van der Waals surface area contributed by atoms with E-state index < -0.39 is 16.6 Å². The van der Waals surface area contributed by atoms with Gasteiger partial charge in [-0.05, 0) is 36.2 Å². The van der Waals surface area contributed by atoms with Gasteiger partial charge in [-0.25, -0.2) is 0 Å². The third-order valence-corrected chi connectivity index (χ3v) is 4.46. The number of aromatic nitrogens is 1. The van der Waals surface area contributed by atoms with Crippen molar-refractivity contribution in [2.45, 2.75) is 24.3 Å². The first-order valence-corrected chi connectivity index (χ1v) is 7.91. The lowest BCUT2D eigenvalue weighted by Crippen LogP contribution is -2.11. The van der Waals surface area contributed by atoms with Crippen molar-refractivity contribution < 1.29 is 13.2 Å². The maximum Gasteiger partial charge on any atom is 0.416 e. The van der Waals surface area contributed by atoms with Crippen LogP contribution >= 0.6 is 31.9 Å². The number of aryl methyl sites for hydroxylation is 1. The zero-order valence-corrected chi connectivity index (χ0v) is 14.3. The van der Waals surface area contributed by atoms with E-state index in [0.717, 1.165) is 17.3 Å². The van der Waals surface area contributed by atoms with Crippen molar-refractivity contribution in [1.82, 2.24) is 4.98 Å². The van der Waals surface area contributed by atoms with Crippen LogP contribution in [0.25, 0.3) is 0 Å². The van der Waals surface area contributed by atoms with Crippen LogP contribution in [0, 0.1) is 6.92 Å². The monoisotopic (exact) mass is 421 g/mol. The zero-order chi connectivity index (χ0) is 15.6. The van der Waals surface area contributed by atoms with E-state index in [4.69, 9.17) is 0 Å². The van der Waals surface area contributed by atoms with Crippen molar-refractivity contribution in [1.29, 1.82) is 0 Å². The lowest BCUT2D eigenvalue weighted by atomic mass is 10.00. The van der Waals surface area contributed by atoms with Gasteiger partial charge in [-0.1, -0.05) is 44.0 Å². The van der Waals surface area contributed by atoms with Gasteiger partial charge < -0.3 is 0 Å². The lowest BCUT2D eigenvalue weighted by molar-refractivity contribution is -0.138. The number of rotatable bonds is 3. The molecule has 0 aliphatic rings. The Hall–Kier alpha value is -0.880. The Balaban J connectivity index is 2.36. The number of halogens is 5. The number of alkyl halides is 4. The molecule has 0 aliphatic heterocycles. The fourth-order valence-electron chi connectivity index (χ4n) is 2.06. The Labute approximate surface area is 137 Å². The summed E-state index contributed by atoms with van der Waals surface area (Å²) in [6.45, 7) is 1.90. The molecule has 0 spiro atoms. The van der Waals surface area contributed by atoms with Gasteiger partial charge in [0.25, 0.3) is 0 Å². The van der Waals surface area contributed by atoms with Crippen molar-refractivity contribution in [3.63, 3.8) is 0 Å². The molecule has 0 amide bonds. The van der Waals surface area contributed by atoms with Crippen LogP contribution in [0.1, 0.15) is 27.2 Å². The quantitative estimate of drug-likeness (QED) is 0.565. The van der Waals surface area contributed by atoms with E-state index in [-0.39, 0.29) is 5.56 Å². The molecule has 1 unspecified atom stereocenters. The predicted octanol–water partition coefficient (Wildman–Crippen LogP) is 5.85. The summed E-state index contributed by atoms with van der Waals surface area (Å²) in [7, 11) is 0. The molecule has 0 aliphatic carbocycles. The van der Waals surface area contributed by atoms with E-state index in [1.165, 1.54) is 6.07 Å². The minimum Gasteiger partial charge on any atom is -0.261 e. The van der Waals surface area contributed by atoms with Crippen LogP contribution in [0.5, 0.6) is 0 Å². The molecule has 2 rings (SSSR count). The molecule has 1 nitrogen and oxygen atoms in total. The van der Waals surface area contributed by atoms with Gasteiger partial charge in [0.1, 0.15) is 0 Å². The van der Waals surface area contributed by atoms with Crippen LogP contribution < -0.4 is 0 Å². The summed E-state index contributed by atoms with van der Waals surface area (Å²) >= 11 is 6.46. The summed E-state index contributed by atoms with van der Waals surface area (Å²) in [6, 6.07) is 7.92. The van der Waals surface area contributed by atoms with Crippen LogP contribution in [-0.4, -0.2) is 4.98 Å². The average molecular weight is 423 g/mol. The van der Waals surface area contributed by atoms with Crippen LogP contribution in [0.15, 0.2) is 41.0 Å². The van der Waals surface area contributed by atoms with Crippen LogP contribution in [0.3, 0.4) is 0 Å². The van der Waals surface area contributed by atoms with E-state index in [0.29, 0.717) is 10.9 Å². The molecule has 112 valence electrons. The molecular weight excluding hydrogens is 411 g/mol. The Bertz CT molecular complexity index is 641. The third kappa shape index (κ3) is 4.07. The molecule has 6 heteroatoms. The number of hydrogen-bond acceptors (Lipinski definition) is 1. The maximum atomic E-state index is 13.1. The molecule has 0 N–H and O–H groups in total. The van der Waals surface area contributed by atoms with Crippen molar-refractivity contribution >= 4 is 31.9 Å². The SMILES string of the molecule is Cc1cccnc1CC(Br)c1ccc(Br)cc1C(F)(F)F. The fraction of sp³-hybridized carbons (Fsp3) is 0.267. The minimum absolute atomic E-state index is 0.218. The highest BCUT2D eigenvalue weighted by Gasteiger charge is 2.35. The van der Waals surface area contributed by atoms with E-state index in [2.05, 4.69) is 36.8 Å². The van der Waals surface area contributed by atoms with Gasteiger partial charge in [0.2, 0.25) is 0 Å². The number of nitrogens with zero attached hydrogens (tertiary/aromatic N) is 1. The Morgan fingerprint density at radius 2 is 1.95 bits per heavy atom. The summed E-state index contributed by atoms with van der Waals surface area (Å²) in [6.07, 6.45) is -2.34. The highest BCUT2D eigenvalue weighted by molar-refractivity contribution is 9.10. The normalized spacial score (nSPS) is 13.2. The zero-order valence-electron chi connectivity index (χ0n) is 11.1. The second kappa shape index (κ2) is 6.48. The van der Waals surface area contributed by atoms with Crippen molar-refractivity contribution in [2.75, 3.05) is 0 Å². The molecule has 0 saturated carbocycles. The average Bonchev–Trinajstić information content (AvgIpc) is 2.40. The summed E-state index contributed by atoms with van der Waals surface area (Å²) in [5.74, 6) is 0. The number of benzene rings is 1.